The number of pyridine rings is 1. The molecule has 0 fully saturated rings. The van der Waals surface area contributed by atoms with Gasteiger partial charge >= 0.3 is 0 Å². The summed E-state index contributed by atoms with van der Waals surface area (Å²) in [4.78, 5) is 22.6. The molecule has 1 amide bonds. The van der Waals surface area contributed by atoms with Crippen molar-refractivity contribution in [2.24, 2.45) is 10.7 Å². The summed E-state index contributed by atoms with van der Waals surface area (Å²) in [6.07, 6.45) is 6.09. The van der Waals surface area contributed by atoms with Crippen LogP contribution in [0, 0.1) is 0 Å². The first-order valence-corrected chi connectivity index (χ1v) is 8.75. The Labute approximate surface area is 157 Å². The largest absolute Gasteiger partial charge is 0.495 e. The first-order valence-electron chi connectivity index (χ1n) is 8.75. The summed E-state index contributed by atoms with van der Waals surface area (Å²) in [6, 6.07) is 3.24. The van der Waals surface area contributed by atoms with Gasteiger partial charge in [-0.1, -0.05) is 0 Å². The zero-order chi connectivity index (χ0) is 19.0. The number of aliphatic imine (C=N–C) groups is 1. The molecule has 3 N–H and O–H groups in total. The summed E-state index contributed by atoms with van der Waals surface area (Å²) in [5, 5.41) is 3.13. The van der Waals surface area contributed by atoms with E-state index in [0.29, 0.717) is 18.2 Å². The molecule has 3 aliphatic heterocycles. The van der Waals surface area contributed by atoms with Crippen LogP contribution >= 0.6 is 0 Å². The Kier molecular flexibility index (Phi) is 4.31. The molecular weight excluding hydrogens is 346 g/mol. The summed E-state index contributed by atoms with van der Waals surface area (Å²) < 4.78 is 10.8. The molecule has 4 rings (SSSR count). The lowest BCUT2D eigenvalue weighted by atomic mass is 10.0. The summed E-state index contributed by atoms with van der Waals surface area (Å²) in [7, 11) is 1.59. The SMILES string of the molecule is COc1ccc(C2=NC=C3C(NC(C)C(N)=O)=COCC4=C3N2CC4)cn1. The van der Waals surface area contributed by atoms with Crippen molar-refractivity contribution in [3.63, 3.8) is 0 Å². The number of amides is 1. The highest BCUT2D eigenvalue weighted by Crippen LogP contribution is 2.37. The quantitative estimate of drug-likeness (QED) is 0.806. The molecule has 1 aromatic rings. The van der Waals surface area contributed by atoms with Crippen LogP contribution in [-0.4, -0.2) is 47.9 Å². The minimum absolute atomic E-state index is 0.428. The zero-order valence-electron chi connectivity index (χ0n) is 15.2. The van der Waals surface area contributed by atoms with Crippen LogP contribution < -0.4 is 15.8 Å². The summed E-state index contributed by atoms with van der Waals surface area (Å²) >= 11 is 0. The highest BCUT2D eigenvalue weighted by molar-refractivity contribution is 6.02. The smallest absolute Gasteiger partial charge is 0.239 e. The van der Waals surface area contributed by atoms with Gasteiger partial charge < -0.3 is 25.4 Å². The number of aromatic nitrogens is 1. The van der Waals surface area contributed by atoms with E-state index in [1.54, 1.807) is 32.7 Å². The van der Waals surface area contributed by atoms with Gasteiger partial charge in [0.15, 0.2) is 0 Å². The van der Waals surface area contributed by atoms with E-state index in [1.807, 2.05) is 12.1 Å². The lowest BCUT2D eigenvalue weighted by Gasteiger charge is -2.30. The number of methoxy groups -OCH3 is 1. The standard InChI is InChI=1S/C19H21N5O3/c1-11(18(20)25)23-15-10-27-9-13-5-6-24-17(13)14(15)8-22-19(24)12-3-4-16(26-2)21-7-12/h3-4,7-8,10-11,23H,5-6,9H2,1-2H3,(H2,20,25). The highest BCUT2D eigenvalue weighted by atomic mass is 16.5. The number of rotatable bonds is 5. The second kappa shape index (κ2) is 6.79. The van der Waals surface area contributed by atoms with Crippen molar-refractivity contribution in [3.05, 3.63) is 58.9 Å². The Bertz CT molecular complexity index is 898. The van der Waals surface area contributed by atoms with Gasteiger partial charge in [-0.05, 0) is 25.0 Å². The minimum atomic E-state index is -0.520. The lowest BCUT2D eigenvalue weighted by molar-refractivity contribution is -0.119. The van der Waals surface area contributed by atoms with Gasteiger partial charge in [-0.2, -0.15) is 0 Å². The lowest BCUT2D eigenvalue weighted by Crippen LogP contribution is -2.40. The number of ether oxygens (including phenoxy) is 2. The van der Waals surface area contributed by atoms with Gasteiger partial charge in [0.05, 0.1) is 18.5 Å². The molecule has 8 nitrogen and oxygen atoms in total. The van der Waals surface area contributed by atoms with Crippen LogP contribution in [0.2, 0.25) is 0 Å². The van der Waals surface area contributed by atoms with E-state index in [4.69, 9.17) is 15.2 Å². The van der Waals surface area contributed by atoms with E-state index in [9.17, 15) is 4.79 Å². The Morgan fingerprint density at radius 2 is 2.30 bits per heavy atom. The Morgan fingerprint density at radius 3 is 3.00 bits per heavy atom. The van der Waals surface area contributed by atoms with Crippen LogP contribution in [0.25, 0.3) is 0 Å². The number of hydrogen-bond donors (Lipinski definition) is 2. The number of hydrogen-bond acceptors (Lipinski definition) is 7. The molecule has 0 saturated heterocycles. The summed E-state index contributed by atoms with van der Waals surface area (Å²) in [5.41, 5.74) is 10.2. The normalized spacial score (nSPS) is 19.2. The average molecular weight is 367 g/mol. The van der Waals surface area contributed by atoms with Crippen LogP contribution in [0.3, 0.4) is 0 Å². The Morgan fingerprint density at radius 1 is 1.44 bits per heavy atom. The highest BCUT2D eigenvalue weighted by Gasteiger charge is 2.35. The molecule has 140 valence electrons. The number of nitrogens with one attached hydrogen (secondary N) is 1. The molecule has 3 aliphatic rings. The van der Waals surface area contributed by atoms with E-state index in [2.05, 4.69) is 20.2 Å². The zero-order valence-corrected chi connectivity index (χ0v) is 15.2. The molecule has 27 heavy (non-hydrogen) atoms. The Hall–Kier alpha value is -3.29. The van der Waals surface area contributed by atoms with Gasteiger partial charge in [0.2, 0.25) is 11.8 Å². The molecule has 0 bridgehead atoms. The predicted molar refractivity (Wildman–Crippen MR) is 99.6 cm³/mol. The number of carbonyl (C=O) groups excluding carboxylic acids is 1. The monoisotopic (exact) mass is 367 g/mol. The molecule has 8 heteroatoms. The topological polar surface area (TPSA) is 102 Å². The molecule has 0 aromatic carbocycles. The van der Waals surface area contributed by atoms with Gasteiger partial charge in [0, 0.05) is 36.1 Å². The Balaban J connectivity index is 1.72. The van der Waals surface area contributed by atoms with Gasteiger partial charge in [-0.15, -0.1) is 0 Å². The van der Waals surface area contributed by atoms with Gasteiger partial charge in [0.1, 0.15) is 24.7 Å². The van der Waals surface area contributed by atoms with Crippen molar-refractivity contribution in [1.82, 2.24) is 15.2 Å². The van der Waals surface area contributed by atoms with Gasteiger partial charge in [-0.25, -0.2) is 9.98 Å². The van der Waals surface area contributed by atoms with Crippen molar-refractivity contribution in [2.75, 3.05) is 20.3 Å². The molecule has 1 unspecified atom stereocenters. The molecule has 0 spiro atoms. The third kappa shape index (κ3) is 3.03. The molecule has 1 aromatic heterocycles. The van der Waals surface area contributed by atoms with E-state index < -0.39 is 11.9 Å². The second-order valence-electron chi connectivity index (χ2n) is 6.55. The first kappa shape index (κ1) is 17.1. The maximum atomic E-state index is 11.5. The molecule has 0 saturated carbocycles. The van der Waals surface area contributed by atoms with E-state index in [1.165, 1.54) is 5.57 Å². The molecule has 4 heterocycles. The van der Waals surface area contributed by atoms with Crippen LogP contribution in [0.1, 0.15) is 18.9 Å². The van der Waals surface area contributed by atoms with E-state index >= 15 is 0 Å². The molecular formula is C19H21N5O3. The third-order valence-corrected chi connectivity index (χ3v) is 4.82. The maximum Gasteiger partial charge on any atom is 0.239 e. The number of nitrogens with two attached hydrogens (primary N) is 1. The van der Waals surface area contributed by atoms with Gasteiger partial charge in [0.25, 0.3) is 0 Å². The van der Waals surface area contributed by atoms with Crippen molar-refractivity contribution in [3.8, 4) is 5.88 Å². The summed E-state index contributed by atoms with van der Waals surface area (Å²) in [6.45, 7) is 3.04. The van der Waals surface area contributed by atoms with Crippen molar-refractivity contribution in [2.45, 2.75) is 19.4 Å². The van der Waals surface area contributed by atoms with Crippen LogP contribution in [0.4, 0.5) is 0 Å². The van der Waals surface area contributed by atoms with E-state index in [0.717, 1.165) is 35.6 Å². The first-order chi connectivity index (χ1) is 13.1. The van der Waals surface area contributed by atoms with Crippen LogP contribution in [-0.2, 0) is 9.53 Å². The van der Waals surface area contributed by atoms with Crippen molar-refractivity contribution < 1.29 is 14.3 Å². The fraction of sp³-hybridized carbons (Fsp3) is 0.316. The van der Waals surface area contributed by atoms with Crippen LogP contribution in [0.15, 0.2) is 58.3 Å². The van der Waals surface area contributed by atoms with Crippen LogP contribution in [0.5, 0.6) is 5.88 Å². The maximum absolute atomic E-state index is 11.5. The molecule has 0 aliphatic carbocycles. The van der Waals surface area contributed by atoms with Crippen molar-refractivity contribution in [1.29, 1.82) is 0 Å². The van der Waals surface area contributed by atoms with E-state index in [-0.39, 0.29) is 0 Å². The second-order valence-corrected chi connectivity index (χ2v) is 6.55. The fourth-order valence-electron chi connectivity index (χ4n) is 3.38. The van der Waals surface area contributed by atoms with Crippen molar-refractivity contribution >= 4 is 11.7 Å². The molecule has 1 atom stereocenters. The predicted octanol–water partition coefficient (Wildman–Crippen LogP) is 1.03. The number of carbonyl (C=O) groups is 1. The van der Waals surface area contributed by atoms with Gasteiger partial charge in [-0.3, -0.25) is 4.79 Å². The minimum Gasteiger partial charge on any atom is -0.495 e. The number of primary amides is 1. The number of nitrogens with zero attached hydrogens (tertiary/aromatic N) is 3. The number of amidine groups is 1. The molecule has 0 radical (unpaired) electrons. The summed E-state index contributed by atoms with van der Waals surface area (Å²) in [5.74, 6) is 0.969. The fourth-order valence-corrected chi connectivity index (χ4v) is 3.38. The third-order valence-electron chi connectivity index (χ3n) is 4.82. The average Bonchev–Trinajstić information content (AvgIpc) is 3.02.